The van der Waals surface area contributed by atoms with Gasteiger partial charge in [0.25, 0.3) is 0 Å². The highest BCUT2D eigenvalue weighted by atomic mass is 19.4. The van der Waals surface area contributed by atoms with Gasteiger partial charge >= 0.3 is 6.18 Å². The van der Waals surface area contributed by atoms with E-state index in [-0.39, 0.29) is 6.04 Å². The van der Waals surface area contributed by atoms with E-state index >= 15 is 0 Å². The van der Waals surface area contributed by atoms with Gasteiger partial charge in [-0.25, -0.2) is 0 Å². The van der Waals surface area contributed by atoms with Crippen molar-refractivity contribution in [2.45, 2.75) is 57.7 Å². The predicted octanol–water partition coefficient (Wildman–Crippen LogP) is 4.72. The number of pyridine rings is 1. The number of alkyl halides is 3. The molecule has 1 aromatic heterocycles. The highest BCUT2D eigenvalue weighted by Gasteiger charge is 2.32. The van der Waals surface area contributed by atoms with Gasteiger partial charge in [-0.15, -0.1) is 0 Å². The number of hydrogen-bond donors (Lipinski definition) is 1. The number of nitrogens with one attached hydrogen (secondary N) is 1. The van der Waals surface area contributed by atoms with E-state index in [0.717, 1.165) is 43.8 Å². The quantitative estimate of drug-likeness (QED) is 0.851. The molecule has 1 aliphatic rings. The molecular weight excluding hydrogens is 277 g/mol. The van der Waals surface area contributed by atoms with Crippen molar-refractivity contribution in [2.24, 2.45) is 5.92 Å². The first kappa shape index (κ1) is 16.3. The summed E-state index contributed by atoms with van der Waals surface area (Å²) in [5.41, 5.74) is 0.0625. The van der Waals surface area contributed by atoms with Crippen LogP contribution in [0, 0.1) is 5.92 Å². The number of rotatable bonds is 5. The maximum atomic E-state index is 12.6. The first-order valence-corrected chi connectivity index (χ1v) is 7.79. The lowest BCUT2D eigenvalue weighted by Crippen LogP contribution is -2.31. The summed E-state index contributed by atoms with van der Waals surface area (Å²) in [6, 6.07) is 2.75. The van der Waals surface area contributed by atoms with Crippen LogP contribution in [0.5, 0.6) is 0 Å². The maximum Gasteiger partial charge on any atom is 0.417 e. The van der Waals surface area contributed by atoms with E-state index in [1.54, 1.807) is 0 Å². The van der Waals surface area contributed by atoms with Crippen molar-refractivity contribution in [1.29, 1.82) is 0 Å². The van der Waals surface area contributed by atoms with Gasteiger partial charge in [-0.3, -0.25) is 4.98 Å². The standard InChI is InChI=1S/C16H23F3N2/c1-2-10-20-15(12-6-4-3-5-7-12)14-9-8-13(11-21-14)16(17,18)19/h8-9,11-12,15,20H,2-7,10H2,1H3. The zero-order chi connectivity index (χ0) is 15.3. The lowest BCUT2D eigenvalue weighted by molar-refractivity contribution is -0.137. The molecule has 1 N–H and O–H groups in total. The molecule has 118 valence electrons. The van der Waals surface area contributed by atoms with Crippen LogP contribution in [0.1, 0.15) is 62.7 Å². The Kier molecular flexibility index (Phi) is 5.62. The molecule has 1 fully saturated rings. The van der Waals surface area contributed by atoms with Gasteiger partial charge in [0.2, 0.25) is 0 Å². The molecule has 1 saturated carbocycles. The average molecular weight is 300 g/mol. The molecule has 5 heteroatoms. The van der Waals surface area contributed by atoms with E-state index in [2.05, 4.69) is 17.2 Å². The minimum atomic E-state index is -4.32. The summed E-state index contributed by atoms with van der Waals surface area (Å²) in [6.45, 7) is 2.95. The number of hydrogen-bond acceptors (Lipinski definition) is 2. The van der Waals surface area contributed by atoms with E-state index in [9.17, 15) is 13.2 Å². The molecule has 0 amide bonds. The maximum absolute atomic E-state index is 12.6. The number of nitrogens with zero attached hydrogens (tertiary/aromatic N) is 1. The van der Waals surface area contributed by atoms with Crippen molar-refractivity contribution in [2.75, 3.05) is 6.54 Å². The summed E-state index contributed by atoms with van der Waals surface area (Å²) in [6.07, 6.45) is 3.57. The molecule has 0 aromatic carbocycles. The Morgan fingerprint density at radius 3 is 2.48 bits per heavy atom. The lowest BCUT2D eigenvalue weighted by atomic mass is 9.82. The van der Waals surface area contributed by atoms with Crippen molar-refractivity contribution in [3.63, 3.8) is 0 Å². The van der Waals surface area contributed by atoms with Gasteiger partial charge in [-0.05, 0) is 43.9 Å². The molecule has 0 saturated heterocycles. The van der Waals surface area contributed by atoms with Crippen molar-refractivity contribution < 1.29 is 13.2 Å². The van der Waals surface area contributed by atoms with Gasteiger partial charge in [0.1, 0.15) is 0 Å². The third kappa shape index (κ3) is 4.43. The van der Waals surface area contributed by atoms with Crippen molar-refractivity contribution in [1.82, 2.24) is 10.3 Å². The fourth-order valence-corrected chi connectivity index (χ4v) is 3.04. The molecule has 1 unspecified atom stereocenters. The average Bonchev–Trinajstić information content (AvgIpc) is 2.48. The summed E-state index contributed by atoms with van der Waals surface area (Å²) < 4.78 is 37.9. The number of halogens is 3. The van der Waals surface area contributed by atoms with E-state index in [4.69, 9.17) is 0 Å². The topological polar surface area (TPSA) is 24.9 Å². The predicted molar refractivity (Wildman–Crippen MR) is 76.8 cm³/mol. The SMILES string of the molecule is CCCNC(c1ccc(C(F)(F)F)cn1)C1CCCCC1. The van der Waals surface area contributed by atoms with Crippen LogP contribution >= 0.6 is 0 Å². The van der Waals surface area contributed by atoms with Gasteiger partial charge in [0, 0.05) is 6.20 Å². The molecular formula is C16H23F3N2. The zero-order valence-electron chi connectivity index (χ0n) is 12.4. The largest absolute Gasteiger partial charge is 0.417 e. The number of aromatic nitrogens is 1. The molecule has 1 aliphatic carbocycles. The third-order valence-electron chi connectivity index (χ3n) is 4.17. The molecule has 2 rings (SSSR count). The Balaban J connectivity index is 2.15. The first-order chi connectivity index (χ1) is 10.0. The van der Waals surface area contributed by atoms with Crippen LogP contribution in [0.25, 0.3) is 0 Å². The molecule has 1 heterocycles. The monoisotopic (exact) mass is 300 g/mol. The van der Waals surface area contributed by atoms with Crippen LogP contribution in [-0.2, 0) is 6.18 Å². The summed E-state index contributed by atoms with van der Waals surface area (Å²) in [5.74, 6) is 0.481. The minimum absolute atomic E-state index is 0.0764. The highest BCUT2D eigenvalue weighted by Crippen LogP contribution is 2.35. The Bertz CT molecular complexity index is 422. The second-order valence-electron chi connectivity index (χ2n) is 5.80. The molecule has 2 nitrogen and oxygen atoms in total. The minimum Gasteiger partial charge on any atom is -0.308 e. The van der Waals surface area contributed by atoms with Gasteiger partial charge in [0.15, 0.2) is 0 Å². The molecule has 0 spiro atoms. The second-order valence-corrected chi connectivity index (χ2v) is 5.80. The van der Waals surface area contributed by atoms with Crippen LogP contribution in [0.2, 0.25) is 0 Å². The van der Waals surface area contributed by atoms with Gasteiger partial charge < -0.3 is 5.32 Å². The van der Waals surface area contributed by atoms with E-state index in [1.807, 2.05) is 0 Å². The van der Waals surface area contributed by atoms with Crippen molar-refractivity contribution in [3.8, 4) is 0 Å². The summed E-state index contributed by atoms with van der Waals surface area (Å²) >= 11 is 0. The zero-order valence-corrected chi connectivity index (χ0v) is 12.4. The van der Waals surface area contributed by atoms with Gasteiger partial charge in [0.05, 0.1) is 17.3 Å². The Morgan fingerprint density at radius 2 is 1.95 bits per heavy atom. The summed E-state index contributed by atoms with van der Waals surface area (Å²) in [5, 5.41) is 3.47. The molecule has 1 atom stereocenters. The van der Waals surface area contributed by atoms with Crippen LogP contribution in [0.15, 0.2) is 18.3 Å². The van der Waals surface area contributed by atoms with Crippen molar-refractivity contribution in [3.05, 3.63) is 29.6 Å². The van der Waals surface area contributed by atoms with Crippen molar-refractivity contribution >= 4 is 0 Å². The molecule has 0 radical (unpaired) electrons. The summed E-state index contributed by atoms with van der Waals surface area (Å²) in [4.78, 5) is 4.09. The summed E-state index contributed by atoms with van der Waals surface area (Å²) in [7, 11) is 0. The van der Waals surface area contributed by atoms with Crippen LogP contribution in [0.3, 0.4) is 0 Å². The molecule has 0 bridgehead atoms. The first-order valence-electron chi connectivity index (χ1n) is 7.79. The normalized spacial score (nSPS) is 18.7. The van der Waals surface area contributed by atoms with Crippen LogP contribution in [0.4, 0.5) is 13.2 Å². The smallest absolute Gasteiger partial charge is 0.308 e. The molecule has 0 aliphatic heterocycles. The Hall–Kier alpha value is -1.10. The fourth-order valence-electron chi connectivity index (χ4n) is 3.04. The Labute approximate surface area is 124 Å². The third-order valence-corrected chi connectivity index (χ3v) is 4.17. The molecule has 21 heavy (non-hydrogen) atoms. The van der Waals surface area contributed by atoms with Gasteiger partial charge in [-0.1, -0.05) is 26.2 Å². The van der Waals surface area contributed by atoms with E-state index < -0.39 is 11.7 Å². The lowest BCUT2D eigenvalue weighted by Gasteiger charge is -2.31. The van der Waals surface area contributed by atoms with Crippen LogP contribution < -0.4 is 5.32 Å². The fraction of sp³-hybridized carbons (Fsp3) is 0.688. The second kappa shape index (κ2) is 7.25. The van der Waals surface area contributed by atoms with Gasteiger partial charge in [-0.2, -0.15) is 13.2 Å². The van der Waals surface area contributed by atoms with Crippen LogP contribution in [-0.4, -0.2) is 11.5 Å². The Morgan fingerprint density at radius 1 is 1.24 bits per heavy atom. The highest BCUT2D eigenvalue weighted by molar-refractivity contribution is 5.19. The molecule has 1 aromatic rings. The van der Waals surface area contributed by atoms with E-state index in [0.29, 0.717) is 5.92 Å². The van der Waals surface area contributed by atoms with E-state index in [1.165, 1.54) is 25.3 Å².